The summed E-state index contributed by atoms with van der Waals surface area (Å²) >= 11 is 0. The van der Waals surface area contributed by atoms with E-state index in [0.29, 0.717) is 13.0 Å². The van der Waals surface area contributed by atoms with Crippen LogP contribution in [0.4, 0.5) is 0 Å². The van der Waals surface area contributed by atoms with E-state index in [0.717, 1.165) is 45.9 Å². The fraction of sp³-hybridized carbons (Fsp3) is 0.375. The van der Waals surface area contributed by atoms with E-state index < -0.39 is 0 Å². The van der Waals surface area contributed by atoms with Crippen LogP contribution in [0.1, 0.15) is 12.1 Å². The largest absolute Gasteiger partial charge is 0.379 e. The molecule has 3 heterocycles. The Kier molecular flexibility index (Phi) is 5.08. The number of aromatic nitrogens is 1. The Hall–Kier alpha value is -2.63. The number of carbonyl (C=O) groups excluding carboxylic acids is 1. The lowest BCUT2D eigenvalue weighted by atomic mass is 10.0. The number of nitrogens with zero attached hydrogens (tertiary/aromatic N) is 3. The molecule has 2 aromatic carbocycles. The Balaban J connectivity index is 1.41. The average molecular weight is 389 g/mol. The minimum Gasteiger partial charge on any atom is -0.379 e. The van der Waals surface area contributed by atoms with Gasteiger partial charge >= 0.3 is 0 Å². The molecular formula is C24H27N3O2. The maximum absolute atomic E-state index is 13.0. The summed E-state index contributed by atoms with van der Waals surface area (Å²) < 4.78 is 7.81. The van der Waals surface area contributed by atoms with Crippen molar-refractivity contribution >= 4 is 16.8 Å². The van der Waals surface area contributed by atoms with Gasteiger partial charge in [0.15, 0.2) is 0 Å². The van der Waals surface area contributed by atoms with Gasteiger partial charge in [-0.05, 0) is 11.6 Å². The predicted molar refractivity (Wildman–Crippen MR) is 115 cm³/mol. The van der Waals surface area contributed by atoms with Crippen LogP contribution in [0.2, 0.25) is 0 Å². The summed E-state index contributed by atoms with van der Waals surface area (Å²) in [6.45, 7) is 6.55. The van der Waals surface area contributed by atoms with Crippen LogP contribution in [0.3, 0.4) is 0 Å². The van der Waals surface area contributed by atoms with E-state index in [4.69, 9.17) is 4.74 Å². The van der Waals surface area contributed by atoms with E-state index in [1.165, 1.54) is 27.7 Å². The average Bonchev–Trinajstić information content (AvgIpc) is 3.12. The molecule has 0 bridgehead atoms. The fourth-order valence-corrected chi connectivity index (χ4v) is 4.63. The molecule has 0 radical (unpaired) electrons. The molecule has 0 atom stereocenters. The topological polar surface area (TPSA) is 37.7 Å². The van der Waals surface area contributed by atoms with Crippen LogP contribution < -0.4 is 0 Å². The quantitative estimate of drug-likeness (QED) is 0.687. The minimum atomic E-state index is 0.256. The van der Waals surface area contributed by atoms with Crippen LogP contribution in [0, 0.1) is 0 Å². The third-order valence-electron chi connectivity index (χ3n) is 6.17. The number of ether oxygens (including phenoxy) is 1. The number of amides is 1. The highest BCUT2D eigenvalue weighted by atomic mass is 16.5. The van der Waals surface area contributed by atoms with Crippen LogP contribution in [-0.2, 0) is 22.6 Å². The summed E-state index contributed by atoms with van der Waals surface area (Å²) in [7, 11) is 0. The molecule has 1 fully saturated rings. The Bertz CT molecular complexity index is 1010. The molecule has 0 aliphatic carbocycles. The van der Waals surface area contributed by atoms with Gasteiger partial charge in [-0.1, -0.05) is 48.5 Å². The molecule has 0 spiro atoms. The van der Waals surface area contributed by atoms with Crippen molar-refractivity contribution < 1.29 is 9.53 Å². The van der Waals surface area contributed by atoms with E-state index in [2.05, 4.69) is 64.1 Å². The second-order valence-electron chi connectivity index (χ2n) is 7.88. The third-order valence-corrected chi connectivity index (χ3v) is 6.17. The molecule has 1 amide bonds. The van der Waals surface area contributed by atoms with Gasteiger partial charge in [0.05, 0.1) is 19.8 Å². The standard InChI is InChI=1S/C24H27N3O2/c28-23(10-11-25-14-16-29-17-15-25)26-12-13-27-21-9-5-4-8-20(21)24(22(27)18-26)19-6-2-1-3-7-19/h1-9H,10-18H2. The number of para-hydroxylation sites is 1. The summed E-state index contributed by atoms with van der Waals surface area (Å²) in [5, 5.41) is 1.27. The second-order valence-corrected chi connectivity index (χ2v) is 7.88. The number of fused-ring (bicyclic) bond motifs is 3. The molecule has 1 aromatic heterocycles. The lowest BCUT2D eigenvalue weighted by molar-refractivity contribution is -0.133. The Morgan fingerprint density at radius 3 is 2.48 bits per heavy atom. The molecule has 5 rings (SSSR count). The number of hydrogen-bond acceptors (Lipinski definition) is 3. The number of rotatable bonds is 4. The van der Waals surface area contributed by atoms with Crippen molar-refractivity contribution in [3.63, 3.8) is 0 Å². The predicted octanol–water partition coefficient (Wildman–Crippen LogP) is 3.37. The highest BCUT2D eigenvalue weighted by Gasteiger charge is 2.27. The highest BCUT2D eigenvalue weighted by Crippen LogP contribution is 2.37. The molecule has 0 unspecified atom stereocenters. The van der Waals surface area contributed by atoms with E-state index in [1.807, 2.05) is 4.90 Å². The summed E-state index contributed by atoms with van der Waals surface area (Å²) in [6, 6.07) is 19.2. The van der Waals surface area contributed by atoms with Gasteiger partial charge in [0.2, 0.25) is 5.91 Å². The van der Waals surface area contributed by atoms with Gasteiger partial charge in [0, 0.05) is 61.3 Å². The third kappa shape index (κ3) is 3.56. The van der Waals surface area contributed by atoms with Gasteiger partial charge in [-0.3, -0.25) is 9.69 Å². The van der Waals surface area contributed by atoms with E-state index in [-0.39, 0.29) is 5.91 Å². The van der Waals surface area contributed by atoms with Crippen LogP contribution in [0.25, 0.3) is 22.0 Å². The van der Waals surface area contributed by atoms with Gasteiger partial charge in [-0.25, -0.2) is 0 Å². The van der Waals surface area contributed by atoms with Crippen molar-refractivity contribution in [1.82, 2.24) is 14.4 Å². The second kappa shape index (κ2) is 8.01. The van der Waals surface area contributed by atoms with Crippen LogP contribution in [0.5, 0.6) is 0 Å². The molecule has 29 heavy (non-hydrogen) atoms. The van der Waals surface area contributed by atoms with Crippen molar-refractivity contribution in [2.45, 2.75) is 19.5 Å². The molecule has 1 saturated heterocycles. The number of carbonyl (C=O) groups is 1. The molecule has 0 saturated carbocycles. The van der Waals surface area contributed by atoms with E-state index in [1.54, 1.807) is 0 Å². The zero-order valence-corrected chi connectivity index (χ0v) is 16.7. The molecule has 2 aliphatic rings. The molecule has 2 aliphatic heterocycles. The Morgan fingerprint density at radius 1 is 0.897 bits per heavy atom. The number of benzene rings is 2. The number of hydrogen-bond donors (Lipinski definition) is 0. The molecule has 3 aromatic rings. The van der Waals surface area contributed by atoms with E-state index >= 15 is 0 Å². The van der Waals surface area contributed by atoms with Gasteiger partial charge in [-0.2, -0.15) is 0 Å². The van der Waals surface area contributed by atoms with Crippen molar-refractivity contribution in [1.29, 1.82) is 0 Å². The summed E-state index contributed by atoms with van der Waals surface area (Å²) in [6.07, 6.45) is 0.584. The number of morpholine rings is 1. The van der Waals surface area contributed by atoms with Crippen molar-refractivity contribution in [2.75, 3.05) is 39.4 Å². The molecule has 150 valence electrons. The summed E-state index contributed by atoms with van der Waals surface area (Å²) in [5.41, 5.74) is 5.01. The maximum atomic E-state index is 13.0. The zero-order chi connectivity index (χ0) is 19.6. The van der Waals surface area contributed by atoms with Gasteiger partial charge in [-0.15, -0.1) is 0 Å². The maximum Gasteiger partial charge on any atom is 0.224 e. The minimum absolute atomic E-state index is 0.256. The fourth-order valence-electron chi connectivity index (χ4n) is 4.63. The lowest BCUT2D eigenvalue weighted by Gasteiger charge is -2.31. The normalized spacial score (nSPS) is 17.4. The first kappa shape index (κ1) is 18.4. The highest BCUT2D eigenvalue weighted by molar-refractivity contribution is 5.98. The van der Waals surface area contributed by atoms with Crippen molar-refractivity contribution in [2.24, 2.45) is 0 Å². The van der Waals surface area contributed by atoms with Crippen molar-refractivity contribution in [3.8, 4) is 11.1 Å². The van der Waals surface area contributed by atoms with Gasteiger partial charge < -0.3 is 14.2 Å². The van der Waals surface area contributed by atoms with E-state index in [9.17, 15) is 4.79 Å². The first-order valence-electron chi connectivity index (χ1n) is 10.5. The van der Waals surface area contributed by atoms with Crippen LogP contribution >= 0.6 is 0 Å². The Labute approximate surface area is 171 Å². The summed E-state index contributed by atoms with van der Waals surface area (Å²) in [4.78, 5) is 17.3. The summed E-state index contributed by atoms with van der Waals surface area (Å²) in [5.74, 6) is 0.256. The molecule has 5 heteroatoms. The molecular weight excluding hydrogens is 362 g/mol. The first-order chi connectivity index (χ1) is 14.3. The lowest BCUT2D eigenvalue weighted by Crippen LogP contribution is -2.42. The molecule has 5 nitrogen and oxygen atoms in total. The molecule has 0 N–H and O–H groups in total. The van der Waals surface area contributed by atoms with Crippen LogP contribution in [-0.4, -0.2) is 59.7 Å². The smallest absolute Gasteiger partial charge is 0.224 e. The SMILES string of the molecule is O=C(CCN1CCOCC1)N1CCn2c(c(-c3ccccc3)c3ccccc32)C1. The zero-order valence-electron chi connectivity index (χ0n) is 16.7. The van der Waals surface area contributed by atoms with Crippen molar-refractivity contribution in [3.05, 3.63) is 60.3 Å². The monoisotopic (exact) mass is 389 g/mol. The van der Waals surface area contributed by atoms with Crippen LogP contribution in [0.15, 0.2) is 54.6 Å². The first-order valence-corrected chi connectivity index (χ1v) is 10.5. The van der Waals surface area contributed by atoms with Gasteiger partial charge in [0.25, 0.3) is 0 Å². The Morgan fingerprint density at radius 2 is 1.66 bits per heavy atom. The van der Waals surface area contributed by atoms with Gasteiger partial charge in [0.1, 0.15) is 0 Å².